The first-order valence-electron chi connectivity index (χ1n) is 8.42. The largest absolute Gasteiger partial charge is 0.512 e. The average molecular weight is 296 g/mol. The predicted octanol–water partition coefficient (Wildman–Crippen LogP) is 4.40. The minimum atomic E-state index is -0.376. The van der Waals surface area contributed by atoms with Crippen molar-refractivity contribution in [2.24, 2.45) is 17.3 Å². The monoisotopic (exact) mass is 296 g/mol. The van der Waals surface area contributed by atoms with E-state index in [1.54, 1.807) is 0 Å². The zero-order chi connectivity index (χ0) is 15.9. The Morgan fingerprint density at radius 2 is 2.05 bits per heavy atom. The Kier molecular flexibility index (Phi) is 7.44. The lowest BCUT2D eigenvalue weighted by Crippen LogP contribution is -2.21. The highest BCUT2D eigenvalue weighted by molar-refractivity contribution is 5.49. The van der Waals surface area contributed by atoms with Crippen molar-refractivity contribution in [3.8, 4) is 0 Å². The molecule has 2 N–H and O–H groups in total. The molecule has 0 unspecified atom stereocenters. The van der Waals surface area contributed by atoms with Crippen molar-refractivity contribution < 1.29 is 15.0 Å². The maximum absolute atomic E-state index is 10.5. The molecule has 1 fully saturated rings. The van der Waals surface area contributed by atoms with Gasteiger partial charge in [-0.1, -0.05) is 33.6 Å². The molecular weight excluding hydrogens is 264 g/mol. The molecule has 1 aliphatic carbocycles. The summed E-state index contributed by atoms with van der Waals surface area (Å²) in [6.07, 6.45) is 9.60. The van der Waals surface area contributed by atoms with E-state index in [2.05, 4.69) is 20.8 Å². The van der Waals surface area contributed by atoms with Crippen LogP contribution in [0.15, 0.2) is 11.8 Å². The maximum atomic E-state index is 10.5. The summed E-state index contributed by atoms with van der Waals surface area (Å²) < 4.78 is 0. The van der Waals surface area contributed by atoms with E-state index in [9.17, 15) is 15.0 Å². The van der Waals surface area contributed by atoms with Crippen LogP contribution < -0.4 is 0 Å². The Morgan fingerprint density at radius 1 is 1.33 bits per heavy atom. The summed E-state index contributed by atoms with van der Waals surface area (Å²) in [6, 6.07) is 0. The summed E-state index contributed by atoms with van der Waals surface area (Å²) in [5.74, 6) is 0.485. The van der Waals surface area contributed by atoms with Crippen LogP contribution in [0.4, 0.5) is 0 Å². The first kappa shape index (κ1) is 18.2. The smallest absolute Gasteiger partial charge is 0.120 e. The molecular formula is C18H32O3. The van der Waals surface area contributed by atoms with Crippen LogP contribution in [0.25, 0.3) is 0 Å². The van der Waals surface area contributed by atoms with Crippen molar-refractivity contribution in [2.75, 3.05) is 0 Å². The number of unbranched alkanes of at least 4 members (excludes halogenated alkanes) is 1. The summed E-state index contributed by atoms with van der Waals surface area (Å²) in [5, 5.41) is 20.4. The molecule has 0 radical (unpaired) electrons. The zero-order valence-corrected chi connectivity index (χ0v) is 13.8. The van der Waals surface area contributed by atoms with Crippen LogP contribution in [0.3, 0.4) is 0 Å². The number of aldehydes is 1. The van der Waals surface area contributed by atoms with Crippen LogP contribution in [0.1, 0.15) is 72.1 Å². The lowest BCUT2D eigenvalue weighted by molar-refractivity contribution is -0.108. The predicted molar refractivity (Wildman–Crippen MR) is 86.2 cm³/mol. The molecule has 0 aromatic carbocycles. The van der Waals surface area contributed by atoms with E-state index in [0.717, 1.165) is 32.0 Å². The fraction of sp³-hybridized carbons (Fsp3) is 0.833. The van der Waals surface area contributed by atoms with Crippen molar-refractivity contribution in [1.29, 1.82) is 0 Å². The van der Waals surface area contributed by atoms with Gasteiger partial charge in [0.1, 0.15) is 6.29 Å². The van der Waals surface area contributed by atoms with E-state index in [4.69, 9.17) is 0 Å². The van der Waals surface area contributed by atoms with E-state index >= 15 is 0 Å². The molecule has 0 spiro atoms. The van der Waals surface area contributed by atoms with Crippen molar-refractivity contribution in [1.82, 2.24) is 0 Å². The van der Waals surface area contributed by atoms with Crippen LogP contribution in [-0.4, -0.2) is 22.6 Å². The molecule has 1 rings (SSSR count). The van der Waals surface area contributed by atoms with Gasteiger partial charge >= 0.3 is 0 Å². The van der Waals surface area contributed by atoms with Gasteiger partial charge in [0.25, 0.3) is 0 Å². The van der Waals surface area contributed by atoms with Crippen LogP contribution in [0.5, 0.6) is 0 Å². The van der Waals surface area contributed by atoms with Gasteiger partial charge in [-0.15, -0.1) is 0 Å². The Hall–Kier alpha value is -0.830. The first-order chi connectivity index (χ1) is 9.91. The minimum Gasteiger partial charge on any atom is -0.512 e. The van der Waals surface area contributed by atoms with Gasteiger partial charge in [0.05, 0.1) is 11.9 Å². The van der Waals surface area contributed by atoms with Crippen molar-refractivity contribution >= 4 is 6.29 Å². The number of allylic oxidation sites excluding steroid dienone is 2. The summed E-state index contributed by atoms with van der Waals surface area (Å²) in [5.41, 5.74) is 0.208. The second-order valence-electron chi connectivity index (χ2n) is 7.26. The van der Waals surface area contributed by atoms with E-state index in [-0.39, 0.29) is 23.4 Å². The number of carbonyl (C=O) groups excluding carboxylic acids is 1. The summed E-state index contributed by atoms with van der Waals surface area (Å²) in [4.78, 5) is 10.5. The zero-order valence-electron chi connectivity index (χ0n) is 13.8. The number of rotatable bonds is 9. The van der Waals surface area contributed by atoms with E-state index in [1.165, 1.54) is 12.8 Å². The molecule has 0 saturated heterocycles. The Bertz CT molecular complexity index is 346. The van der Waals surface area contributed by atoms with Gasteiger partial charge in [-0.3, -0.25) is 0 Å². The highest BCUT2D eigenvalue weighted by Crippen LogP contribution is 2.39. The topological polar surface area (TPSA) is 57.5 Å². The third-order valence-electron chi connectivity index (χ3n) is 4.85. The number of carbonyl (C=O) groups is 1. The van der Waals surface area contributed by atoms with Crippen molar-refractivity contribution in [3.63, 3.8) is 0 Å². The van der Waals surface area contributed by atoms with E-state index in [1.807, 2.05) is 6.08 Å². The highest BCUT2D eigenvalue weighted by Gasteiger charge is 2.36. The Morgan fingerprint density at radius 3 is 2.67 bits per heavy atom. The average Bonchev–Trinajstić information content (AvgIpc) is 2.81. The standard InChI is InChI=1S/C18H32O3/c1-4-5-11-18(2,3)12-10-17(21)15-8-9-16(20)14(15)7-6-13-19/h10,13-16,20-21H,4-9,11-12H2,1-3H3/t14-,15+,16+/m0/s1. The highest BCUT2D eigenvalue weighted by atomic mass is 16.3. The van der Waals surface area contributed by atoms with Gasteiger partial charge in [-0.05, 0) is 49.5 Å². The fourth-order valence-electron chi connectivity index (χ4n) is 3.36. The molecule has 3 atom stereocenters. The second kappa shape index (κ2) is 8.57. The number of hydrogen-bond donors (Lipinski definition) is 2. The van der Waals surface area contributed by atoms with Gasteiger partial charge < -0.3 is 15.0 Å². The van der Waals surface area contributed by atoms with E-state index < -0.39 is 0 Å². The normalized spacial score (nSPS) is 27.0. The molecule has 0 amide bonds. The van der Waals surface area contributed by atoms with Gasteiger partial charge in [-0.25, -0.2) is 0 Å². The first-order valence-corrected chi connectivity index (χ1v) is 8.42. The lowest BCUT2D eigenvalue weighted by atomic mass is 9.82. The van der Waals surface area contributed by atoms with E-state index in [0.29, 0.717) is 18.6 Å². The van der Waals surface area contributed by atoms with Crippen molar-refractivity contribution in [2.45, 2.75) is 78.2 Å². The van der Waals surface area contributed by atoms with Crippen LogP contribution >= 0.6 is 0 Å². The van der Waals surface area contributed by atoms with Gasteiger partial charge in [0, 0.05) is 12.3 Å². The van der Waals surface area contributed by atoms with Crippen LogP contribution in [0, 0.1) is 17.3 Å². The molecule has 1 saturated carbocycles. The lowest BCUT2D eigenvalue weighted by Gasteiger charge is -2.25. The van der Waals surface area contributed by atoms with Crippen molar-refractivity contribution in [3.05, 3.63) is 11.8 Å². The SMILES string of the molecule is CCCCC(C)(C)CC=C(O)[C@@H]1CC[C@@H](O)[C@H]1CCC=O. The maximum Gasteiger partial charge on any atom is 0.120 e. The minimum absolute atomic E-state index is 0.0296. The molecule has 21 heavy (non-hydrogen) atoms. The fourth-order valence-corrected chi connectivity index (χ4v) is 3.36. The summed E-state index contributed by atoms with van der Waals surface area (Å²) in [6.45, 7) is 6.67. The molecule has 0 aromatic heterocycles. The molecule has 1 aliphatic rings. The molecule has 3 heteroatoms. The number of hydrogen-bond acceptors (Lipinski definition) is 3. The van der Waals surface area contributed by atoms with Gasteiger partial charge in [0.15, 0.2) is 0 Å². The van der Waals surface area contributed by atoms with Gasteiger partial charge in [0.2, 0.25) is 0 Å². The third-order valence-corrected chi connectivity index (χ3v) is 4.85. The molecule has 3 nitrogen and oxygen atoms in total. The summed E-state index contributed by atoms with van der Waals surface area (Å²) >= 11 is 0. The quantitative estimate of drug-likeness (QED) is 0.490. The Labute approximate surface area is 129 Å². The second-order valence-corrected chi connectivity index (χ2v) is 7.26. The number of aliphatic hydroxyl groups is 2. The van der Waals surface area contributed by atoms with Crippen LogP contribution in [-0.2, 0) is 4.79 Å². The molecule has 0 heterocycles. The molecule has 0 bridgehead atoms. The summed E-state index contributed by atoms with van der Waals surface area (Å²) in [7, 11) is 0. The van der Waals surface area contributed by atoms with Gasteiger partial charge in [-0.2, -0.15) is 0 Å². The number of aliphatic hydroxyl groups excluding tert-OH is 2. The third kappa shape index (κ3) is 5.82. The van der Waals surface area contributed by atoms with Crippen LogP contribution in [0.2, 0.25) is 0 Å². The molecule has 122 valence electrons. The molecule has 0 aliphatic heterocycles. The Balaban J connectivity index is 2.61. The molecule has 0 aromatic rings.